The third kappa shape index (κ3) is 7.61. The number of ether oxygens (including phenoxy) is 1. The van der Waals surface area contributed by atoms with Gasteiger partial charge in [-0.3, -0.25) is 9.59 Å². The van der Waals surface area contributed by atoms with Crippen molar-refractivity contribution in [1.29, 1.82) is 0 Å². The maximum absolute atomic E-state index is 12.9. The fourth-order valence-electron chi connectivity index (χ4n) is 11.3. The molecule has 5 rings (SSSR count). The molecule has 9 heteroatoms. The molecule has 0 spiro atoms. The van der Waals surface area contributed by atoms with Crippen LogP contribution >= 0.6 is 11.3 Å². The molecule has 0 bridgehead atoms. The summed E-state index contributed by atoms with van der Waals surface area (Å²) >= 11 is 1.15. The van der Waals surface area contributed by atoms with Crippen LogP contribution < -0.4 is 0 Å². The number of hydrogen-bond donors (Lipinski definition) is 2. The van der Waals surface area contributed by atoms with E-state index in [-0.39, 0.29) is 52.6 Å². The molecule has 9 unspecified atom stereocenters. The van der Waals surface area contributed by atoms with Gasteiger partial charge in [0.15, 0.2) is 0 Å². The average molecular weight is 743 g/mol. The number of aliphatic carboxylic acids is 1. The maximum Gasteiger partial charge on any atom is 2.00 e. The number of carboxylic acid groups (broad SMARTS) is 2. The van der Waals surface area contributed by atoms with Crippen molar-refractivity contribution in [2.45, 2.75) is 132 Å². The van der Waals surface area contributed by atoms with Gasteiger partial charge in [-0.25, -0.2) is 4.79 Å². The zero-order valence-corrected chi connectivity index (χ0v) is 32.9. The van der Waals surface area contributed by atoms with Gasteiger partial charge in [-0.05, 0) is 117 Å². The summed E-state index contributed by atoms with van der Waals surface area (Å²) in [4.78, 5) is 35.8. The minimum Gasteiger partial charge on any atom is -0.673 e. The number of esters is 1. The second-order valence-electron chi connectivity index (χ2n) is 17.6. The van der Waals surface area contributed by atoms with Crippen LogP contribution in [-0.2, 0) is 37.6 Å². The molecular formula is C40H61CoNO6S. The molecule has 4 aliphatic carbocycles. The Morgan fingerprint density at radius 2 is 1.65 bits per heavy atom. The van der Waals surface area contributed by atoms with E-state index < -0.39 is 17.4 Å². The predicted octanol–water partition coefficient (Wildman–Crippen LogP) is 10.5. The van der Waals surface area contributed by atoms with Gasteiger partial charge < -0.3 is 27.6 Å². The van der Waals surface area contributed by atoms with E-state index in [9.17, 15) is 19.5 Å². The Bertz CT molecular complexity index is 1390. The Morgan fingerprint density at radius 3 is 2.18 bits per heavy atom. The second kappa shape index (κ2) is 15.1. The van der Waals surface area contributed by atoms with Crippen molar-refractivity contribution in [2.24, 2.45) is 56.7 Å². The Kier molecular flexibility index (Phi) is 12.9. The molecule has 1 radical (unpaired) electrons. The van der Waals surface area contributed by atoms with E-state index in [1.54, 1.807) is 19.9 Å². The molecule has 3 N–H and O–H groups in total. The number of carbonyl (C=O) groups is 3. The summed E-state index contributed by atoms with van der Waals surface area (Å²) in [5.41, 5.74) is 7.76. The van der Waals surface area contributed by atoms with Crippen molar-refractivity contribution >= 4 is 29.2 Å². The normalized spacial score (nSPS) is 35.4. The van der Waals surface area contributed by atoms with E-state index in [2.05, 4.69) is 55.0 Å². The second-order valence-corrected chi connectivity index (χ2v) is 18.8. The average Bonchev–Trinajstić information content (AvgIpc) is 3.48. The van der Waals surface area contributed by atoms with Crippen LogP contribution in [0, 0.1) is 63.6 Å². The number of hydrogen-bond acceptors (Lipinski definition) is 5. The van der Waals surface area contributed by atoms with Crippen LogP contribution in [0.4, 0.5) is 0 Å². The molecule has 277 valence electrons. The molecule has 0 saturated heterocycles. The van der Waals surface area contributed by atoms with Gasteiger partial charge in [-0.1, -0.05) is 53.4 Å². The Hall–Kier alpha value is -1.68. The van der Waals surface area contributed by atoms with Crippen LogP contribution in [0.15, 0.2) is 24.3 Å². The van der Waals surface area contributed by atoms with Crippen molar-refractivity contribution in [3.63, 3.8) is 0 Å². The standard InChI is InChI=1S/C34H55O4.C6H6NO2S.Co/c1-21(2)22(3)23-12-11-17-33(9)24(23)13-14-26-32(8)18-16-27(38-28(35)20-30(4,5)29(36)37)31(6,7)25(32)15-19-34(26,33)10;7-3-4-1-2-5(10-4)6(8)9;/h22-27H,1,3,11-20H2,2,4-10H3,(H,36,37);1-2,7H,3H2,(H,8,9);/q2*-1;+2. The summed E-state index contributed by atoms with van der Waals surface area (Å²) in [5.74, 6) is 0.633. The van der Waals surface area contributed by atoms with Gasteiger partial charge in [-0.15, -0.1) is 36.0 Å². The van der Waals surface area contributed by atoms with E-state index in [0.717, 1.165) is 35.0 Å². The molecular weight excluding hydrogens is 681 g/mol. The van der Waals surface area contributed by atoms with E-state index >= 15 is 0 Å². The molecule has 9 atom stereocenters. The number of carbonyl (C=O) groups excluding carboxylic acids is 1. The monoisotopic (exact) mass is 742 g/mol. The molecule has 0 aromatic carbocycles. The van der Waals surface area contributed by atoms with Crippen LogP contribution in [0.3, 0.4) is 0 Å². The summed E-state index contributed by atoms with van der Waals surface area (Å²) in [6.07, 6.45) is 10.6. The van der Waals surface area contributed by atoms with Gasteiger partial charge in [0, 0.05) is 5.41 Å². The molecule has 7 nitrogen and oxygen atoms in total. The van der Waals surface area contributed by atoms with Crippen molar-refractivity contribution < 1.29 is 46.1 Å². The minimum absolute atomic E-state index is 0. The van der Waals surface area contributed by atoms with Crippen molar-refractivity contribution in [3.8, 4) is 0 Å². The Labute approximate surface area is 309 Å². The van der Waals surface area contributed by atoms with Gasteiger partial charge in [0.25, 0.3) is 0 Å². The van der Waals surface area contributed by atoms with Crippen molar-refractivity contribution in [2.75, 3.05) is 0 Å². The maximum atomic E-state index is 12.9. The van der Waals surface area contributed by atoms with E-state index in [0.29, 0.717) is 39.4 Å². The van der Waals surface area contributed by atoms with Crippen molar-refractivity contribution in [1.82, 2.24) is 0 Å². The summed E-state index contributed by atoms with van der Waals surface area (Å²) in [6.45, 7) is 26.9. The third-order valence-corrected chi connectivity index (χ3v) is 15.3. The number of carboxylic acids is 2. The smallest absolute Gasteiger partial charge is 0.673 e. The first-order valence-electron chi connectivity index (χ1n) is 18.0. The van der Waals surface area contributed by atoms with Gasteiger partial charge in [-0.2, -0.15) is 0 Å². The topological polar surface area (TPSA) is 125 Å². The molecule has 49 heavy (non-hydrogen) atoms. The van der Waals surface area contributed by atoms with Gasteiger partial charge >= 0.3 is 34.7 Å². The molecule has 4 saturated carbocycles. The number of thiophene rings is 1. The van der Waals surface area contributed by atoms with Crippen LogP contribution in [0.5, 0.6) is 0 Å². The molecule has 4 fully saturated rings. The van der Waals surface area contributed by atoms with Crippen molar-refractivity contribution in [3.05, 3.63) is 46.7 Å². The van der Waals surface area contributed by atoms with Crippen LogP contribution in [-0.4, -0.2) is 34.2 Å². The van der Waals surface area contributed by atoms with Gasteiger partial charge in [0.05, 0.1) is 11.8 Å². The molecule has 1 heterocycles. The fourth-order valence-corrected chi connectivity index (χ4v) is 12.0. The number of fused-ring (bicyclic) bond motifs is 5. The van der Waals surface area contributed by atoms with E-state index in [4.69, 9.17) is 15.6 Å². The molecule has 1 aromatic heterocycles. The SMILES string of the molecule is C=C(C)C([CH2-])C1CCCC2(C)C1CCC1C3(C)CCC(OC(=O)CC(C)(C)C(=O)O)C(C)(C)C3CCC12C.[Co+2].[NH-]Cc1ccc(C(=O)O)s1. The first-order valence-corrected chi connectivity index (χ1v) is 18.9. The van der Waals surface area contributed by atoms with E-state index in [1.807, 2.05) is 0 Å². The molecule has 1 aromatic rings. The summed E-state index contributed by atoms with van der Waals surface area (Å²) in [7, 11) is 0. The number of allylic oxidation sites excluding steroid dienone is 1. The number of nitrogens with one attached hydrogen (secondary N) is 1. The summed E-state index contributed by atoms with van der Waals surface area (Å²) < 4.78 is 6.10. The summed E-state index contributed by atoms with van der Waals surface area (Å²) in [5, 5.41) is 17.9. The molecule has 0 amide bonds. The van der Waals surface area contributed by atoms with Gasteiger partial charge in [0.1, 0.15) is 11.0 Å². The summed E-state index contributed by atoms with van der Waals surface area (Å²) in [6, 6.07) is 3.19. The first kappa shape index (κ1) is 41.7. The minimum atomic E-state index is -1.11. The van der Waals surface area contributed by atoms with Crippen LogP contribution in [0.2, 0.25) is 0 Å². The number of aromatic carboxylic acids is 1. The Morgan fingerprint density at radius 1 is 1.00 bits per heavy atom. The quantitative estimate of drug-likeness (QED) is 0.155. The zero-order chi connectivity index (χ0) is 36.0. The van der Waals surface area contributed by atoms with Crippen LogP contribution in [0.1, 0.15) is 134 Å². The molecule has 4 aliphatic rings. The van der Waals surface area contributed by atoms with E-state index in [1.165, 1.54) is 56.6 Å². The zero-order valence-electron chi connectivity index (χ0n) is 31.1. The largest absolute Gasteiger partial charge is 2.00 e. The van der Waals surface area contributed by atoms with Crippen LogP contribution in [0.25, 0.3) is 5.73 Å². The molecule has 0 aliphatic heterocycles. The predicted molar refractivity (Wildman–Crippen MR) is 192 cm³/mol. The Balaban J connectivity index is 0.000000508. The third-order valence-electron chi connectivity index (χ3n) is 14.3. The fraction of sp³-hybridized carbons (Fsp3) is 0.750. The first-order chi connectivity index (χ1) is 22.2. The van der Waals surface area contributed by atoms with Gasteiger partial charge in [0.2, 0.25) is 0 Å². The number of rotatable bonds is 8.